The standard InChI is InChI=1S/C19H13Br2NO5S/c20-13-6-12(17(14(21)8-13)27-10-16(23)24)7-15-18(25)22(19(26)28-15)9-11-4-2-1-3-5-11/h1-8H,9-10H2,(H,23,24)/b15-7-. The highest BCUT2D eigenvalue weighted by Gasteiger charge is 2.35. The average Bonchev–Trinajstić information content (AvgIpc) is 2.89. The van der Waals surface area contributed by atoms with Crippen molar-refractivity contribution in [3.63, 3.8) is 0 Å². The molecule has 0 saturated carbocycles. The first-order valence-corrected chi connectivity index (χ1v) is 10.4. The van der Waals surface area contributed by atoms with Gasteiger partial charge in [-0.25, -0.2) is 4.79 Å². The lowest BCUT2D eigenvalue weighted by molar-refractivity contribution is -0.139. The van der Waals surface area contributed by atoms with Gasteiger partial charge in [0.15, 0.2) is 6.61 Å². The number of thioether (sulfide) groups is 1. The van der Waals surface area contributed by atoms with Crippen molar-refractivity contribution in [3.05, 3.63) is 67.4 Å². The molecule has 1 saturated heterocycles. The van der Waals surface area contributed by atoms with Crippen molar-refractivity contribution in [3.8, 4) is 5.75 Å². The minimum absolute atomic E-state index is 0.188. The molecule has 28 heavy (non-hydrogen) atoms. The van der Waals surface area contributed by atoms with Crippen molar-refractivity contribution in [2.45, 2.75) is 6.54 Å². The van der Waals surface area contributed by atoms with Crippen molar-refractivity contribution in [1.82, 2.24) is 4.90 Å². The monoisotopic (exact) mass is 525 g/mol. The number of carbonyl (C=O) groups excluding carboxylic acids is 2. The fourth-order valence-corrected chi connectivity index (χ4v) is 4.72. The van der Waals surface area contributed by atoms with Gasteiger partial charge in [-0.2, -0.15) is 0 Å². The minimum atomic E-state index is -1.12. The van der Waals surface area contributed by atoms with Crippen LogP contribution in [0.4, 0.5) is 4.79 Å². The SMILES string of the molecule is O=C(O)COc1c(Br)cc(Br)cc1/C=C1\SC(=O)N(Cc2ccccc2)C1=O. The maximum absolute atomic E-state index is 12.7. The molecule has 1 heterocycles. The first-order valence-electron chi connectivity index (χ1n) is 7.98. The van der Waals surface area contributed by atoms with Crippen LogP contribution in [-0.2, 0) is 16.1 Å². The molecule has 1 aliphatic rings. The third-order valence-electron chi connectivity index (χ3n) is 3.72. The van der Waals surface area contributed by atoms with E-state index in [0.29, 0.717) is 14.5 Å². The van der Waals surface area contributed by atoms with Crippen LogP contribution in [0.5, 0.6) is 5.75 Å². The van der Waals surface area contributed by atoms with Crippen molar-refractivity contribution < 1.29 is 24.2 Å². The molecule has 9 heteroatoms. The molecule has 0 unspecified atom stereocenters. The molecule has 144 valence electrons. The molecule has 1 aliphatic heterocycles. The Kier molecular flexibility index (Phi) is 6.58. The Bertz CT molecular complexity index is 978. The molecule has 2 aromatic rings. The van der Waals surface area contributed by atoms with Crippen molar-refractivity contribution >= 4 is 66.8 Å². The van der Waals surface area contributed by atoms with Gasteiger partial charge in [0, 0.05) is 10.0 Å². The normalized spacial score (nSPS) is 15.4. The molecule has 0 aromatic heterocycles. The van der Waals surface area contributed by atoms with Gasteiger partial charge in [-0.3, -0.25) is 14.5 Å². The van der Waals surface area contributed by atoms with Gasteiger partial charge in [0.05, 0.1) is 15.9 Å². The second-order valence-corrected chi connectivity index (χ2v) is 8.51. The largest absolute Gasteiger partial charge is 0.480 e. The maximum Gasteiger partial charge on any atom is 0.341 e. The smallest absolute Gasteiger partial charge is 0.341 e. The van der Waals surface area contributed by atoms with E-state index in [1.807, 2.05) is 30.3 Å². The number of nitrogens with zero attached hydrogens (tertiary/aromatic N) is 1. The molecular formula is C19H13Br2NO5S. The van der Waals surface area contributed by atoms with Gasteiger partial charge < -0.3 is 9.84 Å². The molecular weight excluding hydrogens is 514 g/mol. The summed E-state index contributed by atoms with van der Waals surface area (Å²) in [5.41, 5.74) is 1.33. The predicted molar refractivity (Wildman–Crippen MR) is 113 cm³/mol. The summed E-state index contributed by atoms with van der Waals surface area (Å²) in [6.45, 7) is -0.343. The number of benzene rings is 2. The first-order chi connectivity index (χ1) is 13.3. The van der Waals surface area contributed by atoms with Gasteiger partial charge >= 0.3 is 5.97 Å². The number of amides is 2. The highest BCUT2D eigenvalue weighted by atomic mass is 79.9. The van der Waals surface area contributed by atoms with Crippen molar-refractivity contribution in [2.75, 3.05) is 6.61 Å². The van der Waals surface area contributed by atoms with Crippen LogP contribution in [0.2, 0.25) is 0 Å². The van der Waals surface area contributed by atoms with Crippen LogP contribution >= 0.6 is 43.6 Å². The van der Waals surface area contributed by atoms with E-state index < -0.39 is 18.5 Å². The lowest BCUT2D eigenvalue weighted by Gasteiger charge is -2.12. The van der Waals surface area contributed by atoms with Gasteiger partial charge in [0.25, 0.3) is 11.1 Å². The molecule has 1 fully saturated rings. The zero-order valence-electron chi connectivity index (χ0n) is 14.2. The zero-order chi connectivity index (χ0) is 20.3. The topological polar surface area (TPSA) is 83.9 Å². The lowest BCUT2D eigenvalue weighted by atomic mass is 10.1. The summed E-state index contributed by atoms with van der Waals surface area (Å²) in [6, 6.07) is 12.6. The summed E-state index contributed by atoms with van der Waals surface area (Å²) in [6.07, 6.45) is 1.53. The average molecular weight is 527 g/mol. The molecule has 2 aromatic carbocycles. The predicted octanol–water partition coefficient (Wildman–Crippen LogP) is 4.91. The fraction of sp³-hybridized carbons (Fsp3) is 0.105. The number of rotatable bonds is 6. The summed E-state index contributed by atoms with van der Waals surface area (Å²) in [4.78, 5) is 37.3. The van der Waals surface area contributed by atoms with Crippen LogP contribution in [0.1, 0.15) is 11.1 Å². The lowest BCUT2D eigenvalue weighted by Crippen LogP contribution is -2.27. The molecule has 3 rings (SSSR count). The van der Waals surface area contributed by atoms with E-state index in [4.69, 9.17) is 9.84 Å². The van der Waals surface area contributed by atoms with E-state index in [-0.39, 0.29) is 22.4 Å². The Balaban J connectivity index is 1.90. The molecule has 2 amide bonds. The van der Waals surface area contributed by atoms with Crippen LogP contribution in [0, 0.1) is 0 Å². The van der Waals surface area contributed by atoms with Gasteiger partial charge in [-0.15, -0.1) is 0 Å². The highest BCUT2D eigenvalue weighted by Crippen LogP contribution is 2.38. The summed E-state index contributed by atoms with van der Waals surface area (Å²) in [7, 11) is 0. The number of carboxylic acids is 1. The number of hydrogen-bond acceptors (Lipinski definition) is 5. The Morgan fingerprint density at radius 3 is 2.57 bits per heavy atom. The zero-order valence-corrected chi connectivity index (χ0v) is 18.2. The molecule has 1 N–H and O–H groups in total. The van der Waals surface area contributed by atoms with Crippen LogP contribution in [-0.4, -0.2) is 33.7 Å². The van der Waals surface area contributed by atoms with Gasteiger partial charge in [0.2, 0.25) is 0 Å². The van der Waals surface area contributed by atoms with Crippen LogP contribution in [0.15, 0.2) is 56.3 Å². The number of aliphatic carboxylic acids is 1. The number of carbonyl (C=O) groups is 3. The number of ether oxygens (including phenoxy) is 1. The fourth-order valence-electron chi connectivity index (χ4n) is 2.52. The van der Waals surface area contributed by atoms with E-state index in [9.17, 15) is 14.4 Å². The molecule has 0 bridgehead atoms. The quantitative estimate of drug-likeness (QED) is 0.538. The molecule has 0 atom stereocenters. The number of imide groups is 1. The Labute approximate surface area is 181 Å². The van der Waals surface area contributed by atoms with E-state index in [2.05, 4.69) is 31.9 Å². The Morgan fingerprint density at radius 2 is 1.89 bits per heavy atom. The second-order valence-electron chi connectivity index (χ2n) is 5.74. The van der Waals surface area contributed by atoms with Crippen LogP contribution < -0.4 is 4.74 Å². The summed E-state index contributed by atoms with van der Waals surface area (Å²) in [5, 5.41) is 8.51. The van der Waals surface area contributed by atoms with E-state index in [0.717, 1.165) is 17.3 Å². The van der Waals surface area contributed by atoms with Crippen molar-refractivity contribution in [2.24, 2.45) is 0 Å². The van der Waals surface area contributed by atoms with E-state index >= 15 is 0 Å². The molecule has 0 aliphatic carbocycles. The van der Waals surface area contributed by atoms with Gasteiger partial charge in [0.1, 0.15) is 5.75 Å². The van der Waals surface area contributed by atoms with Gasteiger partial charge in [-0.05, 0) is 51.5 Å². The highest BCUT2D eigenvalue weighted by molar-refractivity contribution is 9.11. The van der Waals surface area contributed by atoms with E-state index in [1.165, 1.54) is 11.0 Å². The Morgan fingerprint density at radius 1 is 1.18 bits per heavy atom. The summed E-state index contributed by atoms with van der Waals surface area (Å²) in [5.74, 6) is -1.25. The van der Waals surface area contributed by atoms with Crippen molar-refractivity contribution in [1.29, 1.82) is 0 Å². The van der Waals surface area contributed by atoms with Crippen LogP contribution in [0.25, 0.3) is 6.08 Å². The number of hydrogen-bond donors (Lipinski definition) is 1. The third kappa shape index (κ3) is 4.84. The Hall–Kier alpha value is -2.10. The minimum Gasteiger partial charge on any atom is -0.480 e. The van der Waals surface area contributed by atoms with Crippen LogP contribution in [0.3, 0.4) is 0 Å². The number of carboxylic acid groups (broad SMARTS) is 1. The number of halogens is 2. The molecule has 0 radical (unpaired) electrons. The van der Waals surface area contributed by atoms with Gasteiger partial charge in [-0.1, -0.05) is 46.3 Å². The third-order valence-corrected chi connectivity index (χ3v) is 5.68. The second kappa shape index (κ2) is 8.93. The first kappa shape index (κ1) is 20.6. The van der Waals surface area contributed by atoms with E-state index in [1.54, 1.807) is 12.1 Å². The maximum atomic E-state index is 12.7. The summed E-state index contributed by atoms with van der Waals surface area (Å²) >= 11 is 7.53. The molecule has 0 spiro atoms. The summed E-state index contributed by atoms with van der Waals surface area (Å²) < 4.78 is 6.58. The molecule has 6 nitrogen and oxygen atoms in total.